The Hall–Kier alpha value is -1.57. The van der Waals surface area contributed by atoms with E-state index >= 15 is 0 Å². The van der Waals surface area contributed by atoms with E-state index < -0.39 is 0 Å². The van der Waals surface area contributed by atoms with Crippen LogP contribution in [-0.2, 0) is 11.8 Å². The number of aryl methyl sites for hydroxylation is 1. The molecule has 1 aromatic carbocycles. The summed E-state index contributed by atoms with van der Waals surface area (Å²) < 4.78 is 0. The topological polar surface area (TPSA) is 24.9 Å². The first-order valence-electron chi connectivity index (χ1n) is 6.57. The molecule has 2 rings (SSSR count). The number of pyridine rings is 1. The zero-order valence-electron chi connectivity index (χ0n) is 12.0. The standard InChI is InChI=1S/C16H22N2/c1-6-11-9-12-10-13(16(2,3)4)7-8-14(12)18-15(11)17-5/h7-10H,6H2,1-5H3,(H,17,18). The Morgan fingerprint density at radius 3 is 2.44 bits per heavy atom. The van der Waals surface area contributed by atoms with Crippen LogP contribution in [-0.4, -0.2) is 12.0 Å². The van der Waals surface area contributed by atoms with Crippen molar-refractivity contribution in [3.63, 3.8) is 0 Å². The second-order valence-corrected chi connectivity index (χ2v) is 5.76. The molecule has 1 aromatic heterocycles. The molecule has 2 heteroatoms. The van der Waals surface area contributed by atoms with Crippen LogP contribution in [0.2, 0.25) is 0 Å². The molecule has 0 aliphatic rings. The van der Waals surface area contributed by atoms with E-state index in [2.05, 4.69) is 62.3 Å². The van der Waals surface area contributed by atoms with E-state index in [1.807, 2.05) is 7.05 Å². The highest BCUT2D eigenvalue weighted by molar-refractivity contribution is 5.82. The maximum Gasteiger partial charge on any atom is 0.129 e. The lowest BCUT2D eigenvalue weighted by molar-refractivity contribution is 0.591. The van der Waals surface area contributed by atoms with Crippen LogP contribution in [0.3, 0.4) is 0 Å². The van der Waals surface area contributed by atoms with Crippen molar-refractivity contribution < 1.29 is 0 Å². The quantitative estimate of drug-likeness (QED) is 0.856. The Labute approximate surface area is 109 Å². The summed E-state index contributed by atoms with van der Waals surface area (Å²) in [7, 11) is 1.93. The summed E-state index contributed by atoms with van der Waals surface area (Å²) in [4.78, 5) is 4.68. The minimum Gasteiger partial charge on any atom is -0.373 e. The predicted molar refractivity (Wildman–Crippen MR) is 79.4 cm³/mol. The van der Waals surface area contributed by atoms with E-state index in [0.29, 0.717) is 0 Å². The van der Waals surface area contributed by atoms with E-state index in [1.165, 1.54) is 16.5 Å². The minimum absolute atomic E-state index is 0.183. The van der Waals surface area contributed by atoms with Crippen LogP contribution in [0.1, 0.15) is 38.8 Å². The van der Waals surface area contributed by atoms with Gasteiger partial charge >= 0.3 is 0 Å². The van der Waals surface area contributed by atoms with Crippen molar-refractivity contribution >= 4 is 16.7 Å². The number of nitrogens with zero attached hydrogens (tertiary/aromatic N) is 1. The van der Waals surface area contributed by atoms with Gasteiger partial charge in [-0.15, -0.1) is 0 Å². The first-order valence-corrected chi connectivity index (χ1v) is 6.57. The van der Waals surface area contributed by atoms with Gasteiger partial charge in [0.2, 0.25) is 0 Å². The molecule has 2 aromatic rings. The number of rotatable bonds is 2. The van der Waals surface area contributed by atoms with Gasteiger partial charge in [-0.2, -0.15) is 0 Å². The molecule has 0 fully saturated rings. The Morgan fingerprint density at radius 2 is 1.89 bits per heavy atom. The number of hydrogen-bond acceptors (Lipinski definition) is 2. The van der Waals surface area contributed by atoms with Gasteiger partial charge in [-0.1, -0.05) is 33.8 Å². The summed E-state index contributed by atoms with van der Waals surface area (Å²) in [5.74, 6) is 0.994. The average molecular weight is 242 g/mol. The summed E-state index contributed by atoms with van der Waals surface area (Å²) >= 11 is 0. The number of aromatic nitrogens is 1. The first kappa shape index (κ1) is 12.9. The van der Waals surface area contributed by atoms with Crippen molar-refractivity contribution in [3.05, 3.63) is 35.4 Å². The lowest BCUT2D eigenvalue weighted by Crippen LogP contribution is -2.10. The number of benzene rings is 1. The van der Waals surface area contributed by atoms with E-state index in [4.69, 9.17) is 0 Å². The fourth-order valence-electron chi connectivity index (χ4n) is 2.17. The van der Waals surface area contributed by atoms with Crippen LogP contribution < -0.4 is 5.32 Å². The highest BCUT2D eigenvalue weighted by Crippen LogP contribution is 2.27. The smallest absolute Gasteiger partial charge is 0.129 e. The molecule has 96 valence electrons. The maximum atomic E-state index is 4.68. The lowest BCUT2D eigenvalue weighted by Gasteiger charge is -2.19. The summed E-state index contributed by atoms with van der Waals surface area (Å²) in [5, 5.41) is 4.41. The van der Waals surface area contributed by atoms with Crippen LogP contribution in [0.15, 0.2) is 24.3 Å². The monoisotopic (exact) mass is 242 g/mol. The van der Waals surface area contributed by atoms with E-state index in [0.717, 1.165) is 17.8 Å². The van der Waals surface area contributed by atoms with Gasteiger partial charge < -0.3 is 5.32 Å². The molecule has 0 bridgehead atoms. The zero-order chi connectivity index (χ0) is 13.3. The van der Waals surface area contributed by atoms with Crippen LogP contribution in [0.25, 0.3) is 10.9 Å². The van der Waals surface area contributed by atoms with Gasteiger partial charge in [0, 0.05) is 12.4 Å². The molecule has 0 saturated carbocycles. The van der Waals surface area contributed by atoms with Gasteiger partial charge in [0.1, 0.15) is 5.82 Å². The van der Waals surface area contributed by atoms with Gasteiger partial charge in [0.25, 0.3) is 0 Å². The highest BCUT2D eigenvalue weighted by atomic mass is 15.0. The fourth-order valence-corrected chi connectivity index (χ4v) is 2.17. The lowest BCUT2D eigenvalue weighted by atomic mass is 9.86. The van der Waals surface area contributed by atoms with Gasteiger partial charge in [0.05, 0.1) is 5.52 Å². The van der Waals surface area contributed by atoms with E-state index in [9.17, 15) is 0 Å². The van der Waals surface area contributed by atoms with Crippen LogP contribution in [0.5, 0.6) is 0 Å². The highest BCUT2D eigenvalue weighted by Gasteiger charge is 2.14. The molecule has 1 N–H and O–H groups in total. The normalized spacial score (nSPS) is 11.8. The third-order valence-electron chi connectivity index (χ3n) is 3.38. The predicted octanol–water partition coefficient (Wildman–Crippen LogP) is 4.14. The molecule has 0 unspecified atom stereocenters. The Balaban J connectivity index is 2.63. The fraction of sp³-hybridized carbons (Fsp3) is 0.438. The number of nitrogens with one attached hydrogen (secondary N) is 1. The van der Waals surface area contributed by atoms with Crippen molar-refractivity contribution in [1.29, 1.82) is 0 Å². The van der Waals surface area contributed by atoms with E-state index in [-0.39, 0.29) is 5.41 Å². The summed E-state index contributed by atoms with van der Waals surface area (Å²) in [6.45, 7) is 8.89. The number of hydrogen-bond donors (Lipinski definition) is 1. The molecule has 1 heterocycles. The van der Waals surface area contributed by atoms with Gasteiger partial charge in [-0.05, 0) is 41.2 Å². The van der Waals surface area contributed by atoms with Crippen molar-refractivity contribution in [2.24, 2.45) is 0 Å². The molecular weight excluding hydrogens is 220 g/mol. The summed E-state index contributed by atoms with van der Waals surface area (Å²) in [6, 6.07) is 8.82. The molecule has 0 saturated heterocycles. The largest absolute Gasteiger partial charge is 0.373 e. The van der Waals surface area contributed by atoms with E-state index in [1.54, 1.807) is 0 Å². The average Bonchev–Trinajstić information content (AvgIpc) is 2.35. The molecule has 0 atom stereocenters. The molecule has 0 amide bonds. The Kier molecular flexibility index (Phi) is 3.29. The molecule has 0 aliphatic heterocycles. The van der Waals surface area contributed by atoms with Gasteiger partial charge in [-0.25, -0.2) is 4.98 Å². The molecule has 2 nitrogen and oxygen atoms in total. The molecule has 18 heavy (non-hydrogen) atoms. The second-order valence-electron chi connectivity index (χ2n) is 5.76. The maximum absolute atomic E-state index is 4.68. The molecular formula is C16H22N2. The van der Waals surface area contributed by atoms with Gasteiger partial charge in [-0.3, -0.25) is 0 Å². The summed E-state index contributed by atoms with van der Waals surface area (Å²) in [5.41, 5.74) is 3.87. The Morgan fingerprint density at radius 1 is 1.17 bits per heavy atom. The van der Waals surface area contributed by atoms with Crippen LogP contribution in [0.4, 0.5) is 5.82 Å². The van der Waals surface area contributed by atoms with Crippen molar-refractivity contribution in [2.45, 2.75) is 39.5 Å². The third-order valence-corrected chi connectivity index (χ3v) is 3.38. The molecule has 0 spiro atoms. The van der Waals surface area contributed by atoms with Crippen molar-refractivity contribution in [1.82, 2.24) is 4.98 Å². The SMILES string of the molecule is CCc1cc2cc(C(C)(C)C)ccc2nc1NC. The second kappa shape index (κ2) is 4.60. The summed E-state index contributed by atoms with van der Waals surface area (Å²) in [6.07, 6.45) is 0.999. The number of fused-ring (bicyclic) bond motifs is 1. The third kappa shape index (κ3) is 2.33. The molecule has 0 aliphatic carbocycles. The van der Waals surface area contributed by atoms with Crippen molar-refractivity contribution in [3.8, 4) is 0 Å². The van der Waals surface area contributed by atoms with Crippen molar-refractivity contribution in [2.75, 3.05) is 12.4 Å². The van der Waals surface area contributed by atoms with Crippen LogP contribution >= 0.6 is 0 Å². The molecule has 0 radical (unpaired) electrons. The number of anilines is 1. The Bertz CT molecular complexity index is 565. The minimum atomic E-state index is 0.183. The zero-order valence-corrected chi connectivity index (χ0v) is 12.0. The van der Waals surface area contributed by atoms with Gasteiger partial charge in [0.15, 0.2) is 0 Å². The first-order chi connectivity index (χ1) is 8.45. The van der Waals surface area contributed by atoms with Crippen LogP contribution in [0, 0.1) is 0 Å².